The Morgan fingerprint density at radius 1 is 1.18 bits per heavy atom. The van der Waals surface area contributed by atoms with Crippen LogP contribution in [-0.4, -0.2) is 49.0 Å². The molecule has 168 valence electrons. The minimum absolute atomic E-state index is 0.0794. The fourth-order valence-corrected chi connectivity index (χ4v) is 3.88. The maximum Gasteiger partial charge on any atom is 0.338 e. The zero-order valence-corrected chi connectivity index (χ0v) is 18.2. The topological polar surface area (TPSA) is 136 Å². The van der Waals surface area contributed by atoms with E-state index >= 15 is 0 Å². The van der Waals surface area contributed by atoms with Gasteiger partial charge in [-0.15, -0.1) is 5.10 Å². The number of nitrogen functional groups attached to an aromatic ring is 1. The predicted molar refractivity (Wildman–Crippen MR) is 119 cm³/mol. The molecule has 1 atom stereocenters. The minimum Gasteiger partial charge on any atom is -0.496 e. The summed E-state index contributed by atoms with van der Waals surface area (Å²) in [5.74, 6) is 0.914. The van der Waals surface area contributed by atoms with Crippen molar-refractivity contribution < 1.29 is 18.7 Å². The Morgan fingerprint density at radius 3 is 2.73 bits per heavy atom. The number of fused-ring (bicyclic) bond motifs is 3. The van der Waals surface area contributed by atoms with E-state index in [9.17, 15) is 4.79 Å². The van der Waals surface area contributed by atoms with Crippen LogP contribution in [0, 0.1) is 0 Å². The first-order valence-corrected chi connectivity index (χ1v) is 10.2. The zero-order valence-electron chi connectivity index (χ0n) is 18.2. The number of carbonyl (C=O) groups excluding carboxylic acids is 1. The van der Waals surface area contributed by atoms with Crippen LogP contribution in [0.25, 0.3) is 28.3 Å². The van der Waals surface area contributed by atoms with E-state index in [4.69, 9.17) is 19.6 Å². The first-order chi connectivity index (χ1) is 16.0. The molecule has 0 amide bonds. The molecule has 5 rings (SSSR count). The monoisotopic (exact) mass is 447 g/mol. The molecule has 11 nitrogen and oxygen atoms in total. The molecule has 5 aromatic rings. The molecular weight excluding hydrogens is 426 g/mol. The van der Waals surface area contributed by atoms with E-state index in [1.807, 2.05) is 12.1 Å². The Balaban J connectivity index is 1.79. The molecular formula is C22H21N7O4. The number of nitrogens with two attached hydrogens (primary N) is 1. The second-order valence-electron chi connectivity index (χ2n) is 7.40. The van der Waals surface area contributed by atoms with Crippen molar-refractivity contribution in [1.29, 1.82) is 0 Å². The average molecular weight is 447 g/mol. The maximum absolute atomic E-state index is 13.3. The highest BCUT2D eigenvalue weighted by molar-refractivity contribution is 5.93. The third-order valence-corrected chi connectivity index (χ3v) is 5.50. The van der Waals surface area contributed by atoms with Crippen LogP contribution < -0.4 is 10.5 Å². The molecule has 0 aliphatic heterocycles. The summed E-state index contributed by atoms with van der Waals surface area (Å²) in [6.07, 6.45) is 3.11. The van der Waals surface area contributed by atoms with Gasteiger partial charge in [0.15, 0.2) is 22.6 Å². The Bertz CT molecular complexity index is 1470. The lowest BCUT2D eigenvalue weighted by Crippen LogP contribution is -2.42. The fourth-order valence-electron chi connectivity index (χ4n) is 3.88. The van der Waals surface area contributed by atoms with E-state index in [-0.39, 0.29) is 12.6 Å². The summed E-state index contributed by atoms with van der Waals surface area (Å²) >= 11 is 0. The van der Waals surface area contributed by atoms with Crippen molar-refractivity contribution in [2.75, 3.05) is 19.5 Å². The maximum atomic E-state index is 13.3. The van der Waals surface area contributed by atoms with E-state index in [1.54, 1.807) is 44.3 Å². The normalized spacial score (nSPS) is 13.3. The lowest BCUT2D eigenvalue weighted by molar-refractivity contribution is -0.151. The molecule has 0 radical (unpaired) electrons. The second kappa shape index (κ2) is 7.62. The summed E-state index contributed by atoms with van der Waals surface area (Å²) in [5, 5.41) is 9.48. The quantitative estimate of drug-likeness (QED) is 0.390. The largest absolute Gasteiger partial charge is 0.496 e. The van der Waals surface area contributed by atoms with Gasteiger partial charge in [0.2, 0.25) is 11.8 Å². The van der Waals surface area contributed by atoms with Gasteiger partial charge in [-0.1, -0.05) is 18.2 Å². The van der Waals surface area contributed by atoms with E-state index in [0.717, 1.165) is 0 Å². The molecule has 1 aromatic carbocycles. The number of aromatic nitrogens is 6. The molecule has 0 saturated carbocycles. The molecule has 4 heterocycles. The van der Waals surface area contributed by atoms with Crippen LogP contribution in [0.2, 0.25) is 0 Å². The van der Waals surface area contributed by atoms with Gasteiger partial charge in [0.25, 0.3) is 0 Å². The van der Waals surface area contributed by atoms with Crippen molar-refractivity contribution >= 4 is 28.6 Å². The number of esters is 1. The molecule has 0 spiro atoms. The van der Waals surface area contributed by atoms with Crippen LogP contribution in [0.4, 0.5) is 5.95 Å². The summed E-state index contributed by atoms with van der Waals surface area (Å²) < 4.78 is 19.3. The van der Waals surface area contributed by atoms with Gasteiger partial charge in [0, 0.05) is 5.56 Å². The first kappa shape index (κ1) is 20.5. The van der Waals surface area contributed by atoms with Crippen LogP contribution >= 0.6 is 0 Å². The fraction of sp³-hybridized carbons (Fsp3) is 0.227. The summed E-state index contributed by atoms with van der Waals surface area (Å²) in [5.41, 5.74) is 6.17. The minimum atomic E-state index is -1.40. The van der Waals surface area contributed by atoms with Crippen molar-refractivity contribution in [3.63, 3.8) is 0 Å². The smallest absolute Gasteiger partial charge is 0.338 e. The highest BCUT2D eigenvalue weighted by atomic mass is 16.5. The summed E-state index contributed by atoms with van der Waals surface area (Å²) in [6, 6.07) is 10.7. The van der Waals surface area contributed by atoms with Crippen LogP contribution in [0.15, 0.2) is 53.3 Å². The molecule has 0 aliphatic carbocycles. The van der Waals surface area contributed by atoms with Gasteiger partial charge in [0.05, 0.1) is 31.6 Å². The molecule has 1 unspecified atom stereocenters. The number of rotatable bonds is 6. The van der Waals surface area contributed by atoms with Gasteiger partial charge in [-0.25, -0.2) is 14.5 Å². The molecule has 4 aromatic heterocycles. The van der Waals surface area contributed by atoms with Gasteiger partial charge < -0.3 is 19.6 Å². The third-order valence-electron chi connectivity index (χ3n) is 5.50. The summed E-state index contributed by atoms with van der Waals surface area (Å²) in [4.78, 5) is 22.4. The Morgan fingerprint density at radius 2 is 2.00 bits per heavy atom. The summed E-state index contributed by atoms with van der Waals surface area (Å²) in [7, 11) is 1.54. The van der Waals surface area contributed by atoms with Crippen molar-refractivity contribution in [2.45, 2.75) is 19.4 Å². The number of para-hydroxylation sites is 1. The standard InChI is InChI=1S/C22H21N7O4/c1-4-32-20(30)22(2,14-8-5-6-9-15(14)31-3)29-19-13(12-24-29)18-25-17(16-10-7-11-33-16)27-28(18)21(23)26-19/h5-12H,4H2,1-3H3,(H2,23,26). The van der Waals surface area contributed by atoms with Gasteiger partial charge in [0.1, 0.15) is 5.75 Å². The number of anilines is 1. The van der Waals surface area contributed by atoms with Gasteiger partial charge in [-0.2, -0.15) is 14.6 Å². The van der Waals surface area contributed by atoms with Crippen LogP contribution in [0.1, 0.15) is 19.4 Å². The van der Waals surface area contributed by atoms with Crippen LogP contribution in [0.3, 0.4) is 0 Å². The molecule has 0 fully saturated rings. The predicted octanol–water partition coefficient (Wildman–Crippen LogP) is 2.65. The van der Waals surface area contributed by atoms with E-state index in [1.165, 1.54) is 22.6 Å². The Kier molecular flexibility index (Phi) is 4.73. The number of furan rings is 1. The third kappa shape index (κ3) is 3.00. The molecule has 2 N–H and O–H groups in total. The lowest BCUT2D eigenvalue weighted by Gasteiger charge is -2.29. The number of hydrogen-bond donors (Lipinski definition) is 1. The number of hydrogen-bond acceptors (Lipinski definition) is 9. The van der Waals surface area contributed by atoms with Crippen molar-refractivity contribution in [3.8, 4) is 17.3 Å². The highest BCUT2D eigenvalue weighted by Gasteiger charge is 2.43. The van der Waals surface area contributed by atoms with E-state index in [2.05, 4.69) is 20.2 Å². The van der Waals surface area contributed by atoms with Gasteiger partial charge >= 0.3 is 5.97 Å². The molecule has 33 heavy (non-hydrogen) atoms. The Labute approximate surface area is 187 Å². The lowest BCUT2D eigenvalue weighted by atomic mass is 9.91. The van der Waals surface area contributed by atoms with Crippen LogP contribution in [-0.2, 0) is 15.1 Å². The number of carbonyl (C=O) groups is 1. The number of benzene rings is 1. The summed E-state index contributed by atoms with van der Waals surface area (Å²) in [6.45, 7) is 3.64. The molecule has 0 aliphatic rings. The molecule has 11 heteroatoms. The van der Waals surface area contributed by atoms with Gasteiger partial charge in [-0.3, -0.25) is 0 Å². The first-order valence-electron chi connectivity index (χ1n) is 10.2. The Hall–Kier alpha value is -4.41. The highest BCUT2D eigenvalue weighted by Crippen LogP contribution is 2.37. The number of nitrogens with zero attached hydrogens (tertiary/aromatic N) is 6. The second-order valence-corrected chi connectivity index (χ2v) is 7.40. The van der Waals surface area contributed by atoms with Crippen LogP contribution in [0.5, 0.6) is 5.75 Å². The van der Waals surface area contributed by atoms with Gasteiger partial charge in [-0.05, 0) is 32.0 Å². The van der Waals surface area contributed by atoms with E-state index < -0.39 is 11.5 Å². The van der Waals surface area contributed by atoms with Crippen molar-refractivity contribution in [1.82, 2.24) is 29.4 Å². The number of ether oxygens (including phenoxy) is 2. The zero-order chi connectivity index (χ0) is 23.2. The molecule has 0 saturated heterocycles. The van der Waals surface area contributed by atoms with E-state index in [0.29, 0.717) is 39.6 Å². The SMILES string of the molecule is CCOC(=O)C(C)(c1ccccc1OC)n1ncc2c1nc(N)n1nc(-c3ccco3)nc21. The van der Waals surface area contributed by atoms with Crippen molar-refractivity contribution in [2.24, 2.45) is 0 Å². The number of methoxy groups -OCH3 is 1. The average Bonchev–Trinajstić information content (AvgIpc) is 3.57. The molecule has 0 bridgehead atoms. The van der Waals surface area contributed by atoms with Crippen molar-refractivity contribution in [3.05, 3.63) is 54.4 Å².